The van der Waals surface area contributed by atoms with Crippen molar-refractivity contribution in [3.05, 3.63) is 48.0 Å². The van der Waals surface area contributed by atoms with Gasteiger partial charge < -0.3 is 15.2 Å². The Balaban J connectivity index is 1.55. The van der Waals surface area contributed by atoms with Crippen LogP contribution in [0, 0.1) is 0 Å². The van der Waals surface area contributed by atoms with Crippen LogP contribution in [0.4, 0.5) is 5.82 Å². The van der Waals surface area contributed by atoms with Crippen LogP contribution in [0.3, 0.4) is 0 Å². The molecule has 3 aromatic rings. The third-order valence-corrected chi connectivity index (χ3v) is 4.80. The molecular weight excluding hydrogens is 312 g/mol. The normalized spacial score (nSPS) is 14.9. The first-order chi connectivity index (χ1) is 12.3. The number of rotatable bonds is 6. The van der Waals surface area contributed by atoms with E-state index in [9.17, 15) is 4.79 Å². The van der Waals surface area contributed by atoms with Gasteiger partial charge in [-0.2, -0.15) is 0 Å². The second kappa shape index (κ2) is 7.07. The standard InChI is InChI=1S/C20H22N4O/c25-14-16-15-6-1-2-7-17(15)23-20(16)18-8-5-9-19(22-18)21-10-13-24-11-3-4-12-24/h1-2,5-9,14,23H,3-4,10-13H2,(H,21,22). The van der Waals surface area contributed by atoms with E-state index in [0.29, 0.717) is 5.56 Å². The molecule has 1 saturated heterocycles. The zero-order valence-corrected chi connectivity index (χ0v) is 14.2. The average Bonchev–Trinajstić information content (AvgIpc) is 3.29. The van der Waals surface area contributed by atoms with Crippen molar-refractivity contribution in [2.75, 3.05) is 31.5 Å². The highest BCUT2D eigenvalue weighted by Gasteiger charge is 2.14. The van der Waals surface area contributed by atoms with Gasteiger partial charge in [-0.3, -0.25) is 4.79 Å². The van der Waals surface area contributed by atoms with Gasteiger partial charge in [0.25, 0.3) is 0 Å². The molecule has 0 amide bonds. The maximum absolute atomic E-state index is 11.6. The Bertz CT molecular complexity index is 880. The molecule has 0 radical (unpaired) electrons. The lowest BCUT2D eigenvalue weighted by Crippen LogP contribution is -2.26. The summed E-state index contributed by atoms with van der Waals surface area (Å²) in [5.74, 6) is 0.840. The first-order valence-electron chi connectivity index (χ1n) is 8.85. The molecule has 2 N–H and O–H groups in total. The van der Waals surface area contributed by atoms with Crippen molar-refractivity contribution in [3.63, 3.8) is 0 Å². The van der Waals surface area contributed by atoms with E-state index in [1.54, 1.807) is 0 Å². The summed E-state index contributed by atoms with van der Waals surface area (Å²) in [6.45, 7) is 4.32. The zero-order chi connectivity index (χ0) is 17.1. The summed E-state index contributed by atoms with van der Waals surface area (Å²) in [7, 11) is 0. The van der Waals surface area contributed by atoms with Crippen LogP contribution in [0.15, 0.2) is 42.5 Å². The molecule has 4 rings (SSSR count). The first-order valence-corrected chi connectivity index (χ1v) is 8.85. The van der Waals surface area contributed by atoms with E-state index < -0.39 is 0 Å². The molecule has 0 spiro atoms. The van der Waals surface area contributed by atoms with Gasteiger partial charge >= 0.3 is 0 Å². The second-order valence-corrected chi connectivity index (χ2v) is 6.46. The number of anilines is 1. The number of benzene rings is 1. The fourth-order valence-corrected chi connectivity index (χ4v) is 3.51. The van der Waals surface area contributed by atoms with Gasteiger partial charge in [0.05, 0.1) is 11.4 Å². The second-order valence-electron chi connectivity index (χ2n) is 6.46. The predicted octanol–water partition coefficient (Wildman–Crippen LogP) is 3.55. The number of para-hydroxylation sites is 1. The van der Waals surface area contributed by atoms with Crippen molar-refractivity contribution in [2.45, 2.75) is 12.8 Å². The fourth-order valence-electron chi connectivity index (χ4n) is 3.51. The van der Waals surface area contributed by atoms with Crippen molar-refractivity contribution >= 4 is 23.0 Å². The number of aromatic amines is 1. The summed E-state index contributed by atoms with van der Waals surface area (Å²) in [6, 6.07) is 13.7. The number of nitrogens with zero attached hydrogens (tertiary/aromatic N) is 2. The van der Waals surface area contributed by atoms with Gasteiger partial charge in [0.2, 0.25) is 0 Å². The lowest BCUT2D eigenvalue weighted by atomic mass is 10.1. The Hall–Kier alpha value is -2.66. The van der Waals surface area contributed by atoms with Gasteiger partial charge in [0.15, 0.2) is 6.29 Å². The van der Waals surface area contributed by atoms with Crippen molar-refractivity contribution in [1.82, 2.24) is 14.9 Å². The number of carbonyl (C=O) groups excluding carboxylic acids is 1. The van der Waals surface area contributed by atoms with E-state index in [-0.39, 0.29) is 0 Å². The minimum Gasteiger partial charge on any atom is -0.369 e. The molecule has 0 unspecified atom stereocenters. The maximum atomic E-state index is 11.6. The summed E-state index contributed by atoms with van der Waals surface area (Å²) in [4.78, 5) is 22.1. The molecule has 1 aliphatic rings. The third kappa shape index (κ3) is 3.28. The van der Waals surface area contributed by atoms with E-state index >= 15 is 0 Å². The number of nitrogens with one attached hydrogen (secondary N) is 2. The summed E-state index contributed by atoms with van der Waals surface area (Å²) in [6.07, 6.45) is 3.52. The number of H-pyrrole nitrogens is 1. The van der Waals surface area contributed by atoms with Gasteiger partial charge in [-0.1, -0.05) is 24.3 Å². The van der Waals surface area contributed by atoms with Crippen LogP contribution in [-0.4, -0.2) is 47.3 Å². The Labute approximate surface area is 147 Å². The molecule has 0 saturated carbocycles. The first kappa shape index (κ1) is 15.8. The highest BCUT2D eigenvalue weighted by molar-refractivity contribution is 6.03. The lowest BCUT2D eigenvalue weighted by molar-refractivity contribution is 0.112. The number of aromatic nitrogens is 2. The summed E-state index contributed by atoms with van der Waals surface area (Å²) < 4.78 is 0. The highest BCUT2D eigenvalue weighted by atomic mass is 16.1. The van der Waals surface area contributed by atoms with Gasteiger partial charge in [0.1, 0.15) is 5.82 Å². The molecule has 1 aromatic carbocycles. The molecule has 5 nitrogen and oxygen atoms in total. The van der Waals surface area contributed by atoms with Crippen LogP contribution in [-0.2, 0) is 0 Å². The Morgan fingerprint density at radius 1 is 1.12 bits per heavy atom. The van der Waals surface area contributed by atoms with Gasteiger partial charge in [0, 0.05) is 29.6 Å². The average molecular weight is 334 g/mol. The van der Waals surface area contributed by atoms with E-state index in [4.69, 9.17) is 4.98 Å². The Morgan fingerprint density at radius 2 is 1.96 bits per heavy atom. The van der Waals surface area contributed by atoms with Crippen molar-refractivity contribution in [1.29, 1.82) is 0 Å². The molecule has 0 bridgehead atoms. The molecule has 0 aliphatic carbocycles. The molecule has 3 heterocycles. The third-order valence-electron chi connectivity index (χ3n) is 4.80. The summed E-state index contributed by atoms with van der Waals surface area (Å²) in [5, 5.41) is 4.33. The number of hydrogen-bond acceptors (Lipinski definition) is 4. The number of carbonyl (C=O) groups is 1. The largest absolute Gasteiger partial charge is 0.369 e. The monoisotopic (exact) mass is 334 g/mol. The van der Waals surface area contributed by atoms with Crippen molar-refractivity contribution in [2.24, 2.45) is 0 Å². The topological polar surface area (TPSA) is 61.0 Å². The molecule has 1 fully saturated rings. The quantitative estimate of drug-likeness (QED) is 0.677. The molecule has 0 atom stereocenters. The molecule has 1 aliphatic heterocycles. The molecule has 25 heavy (non-hydrogen) atoms. The van der Waals surface area contributed by atoms with E-state index in [0.717, 1.165) is 47.5 Å². The Kier molecular flexibility index (Phi) is 4.48. The van der Waals surface area contributed by atoms with Gasteiger partial charge in [-0.05, 0) is 44.1 Å². The molecule has 5 heteroatoms. The van der Waals surface area contributed by atoms with E-state index in [1.165, 1.54) is 25.9 Å². The maximum Gasteiger partial charge on any atom is 0.152 e. The SMILES string of the molecule is O=Cc1c(-c2cccc(NCCN3CCCC3)n2)[nH]c2ccccc12. The number of fused-ring (bicyclic) bond motifs is 1. The van der Waals surface area contributed by atoms with Crippen molar-refractivity contribution in [3.8, 4) is 11.4 Å². The minimum atomic E-state index is 0.664. The van der Waals surface area contributed by atoms with E-state index in [2.05, 4.69) is 15.2 Å². The zero-order valence-electron chi connectivity index (χ0n) is 14.2. The lowest BCUT2D eigenvalue weighted by Gasteiger charge is -2.15. The minimum absolute atomic E-state index is 0.664. The summed E-state index contributed by atoms with van der Waals surface area (Å²) in [5.41, 5.74) is 3.18. The molecule has 128 valence electrons. The highest BCUT2D eigenvalue weighted by Crippen LogP contribution is 2.28. The Morgan fingerprint density at radius 3 is 2.80 bits per heavy atom. The number of aldehydes is 1. The van der Waals surface area contributed by atoms with Gasteiger partial charge in [-0.15, -0.1) is 0 Å². The van der Waals surface area contributed by atoms with Crippen LogP contribution in [0.25, 0.3) is 22.3 Å². The van der Waals surface area contributed by atoms with Crippen LogP contribution in [0.5, 0.6) is 0 Å². The van der Waals surface area contributed by atoms with Crippen molar-refractivity contribution < 1.29 is 4.79 Å². The van der Waals surface area contributed by atoms with Crippen LogP contribution >= 0.6 is 0 Å². The molecular formula is C20H22N4O. The van der Waals surface area contributed by atoms with Crippen LogP contribution in [0.2, 0.25) is 0 Å². The predicted molar refractivity (Wildman–Crippen MR) is 101 cm³/mol. The summed E-state index contributed by atoms with van der Waals surface area (Å²) >= 11 is 0. The number of likely N-dealkylation sites (tertiary alicyclic amines) is 1. The molecule has 2 aromatic heterocycles. The smallest absolute Gasteiger partial charge is 0.152 e. The fraction of sp³-hybridized carbons (Fsp3) is 0.300. The number of pyridine rings is 1. The van der Waals surface area contributed by atoms with Gasteiger partial charge in [-0.25, -0.2) is 4.98 Å². The van der Waals surface area contributed by atoms with Crippen LogP contribution < -0.4 is 5.32 Å². The van der Waals surface area contributed by atoms with Crippen LogP contribution in [0.1, 0.15) is 23.2 Å². The number of hydrogen-bond donors (Lipinski definition) is 2. The van der Waals surface area contributed by atoms with E-state index in [1.807, 2.05) is 42.5 Å².